The number of likely N-dealkylation sites (tertiary alicyclic amines) is 1. The normalized spacial score (nSPS) is 22.6. The lowest BCUT2D eigenvalue weighted by Crippen LogP contribution is -2.37. The molecule has 112 valence electrons. The van der Waals surface area contributed by atoms with E-state index in [0.717, 1.165) is 18.7 Å². The Morgan fingerprint density at radius 2 is 2.33 bits per heavy atom. The molecule has 0 spiro atoms. The summed E-state index contributed by atoms with van der Waals surface area (Å²) in [5.74, 6) is 0.615. The Bertz CT molecular complexity index is 589. The molecule has 0 bridgehead atoms. The zero-order chi connectivity index (χ0) is 14.7. The second-order valence-electron chi connectivity index (χ2n) is 5.46. The van der Waals surface area contributed by atoms with Gasteiger partial charge in [0.2, 0.25) is 5.88 Å². The first-order valence-corrected chi connectivity index (χ1v) is 6.96. The van der Waals surface area contributed by atoms with Crippen molar-refractivity contribution in [3.05, 3.63) is 36.3 Å². The molecule has 1 fully saturated rings. The Morgan fingerprint density at radius 1 is 1.43 bits per heavy atom. The van der Waals surface area contributed by atoms with Crippen molar-refractivity contribution >= 4 is 0 Å². The fourth-order valence-electron chi connectivity index (χ4n) is 2.71. The van der Waals surface area contributed by atoms with Gasteiger partial charge in [0.25, 0.3) is 0 Å². The van der Waals surface area contributed by atoms with Gasteiger partial charge in [0.05, 0.1) is 31.1 Å². The summed E-state index contributed by atoms with van der Waals surface area (Å²) in [6.07, 6.45) is 4.11. The molecule has 1 N–H and O–H groups in total. The fraction of sp³-hybridized carbons (Fsp3) is 0.500. The molecule has 0 aliphatic carbocycles. The molecule has 1 aliphatic heterocycles. The van der Waals surface area contributed by atoms with Crippen molar-refractivity contribution in [2.75, 3.05) is 20.2 Å². The van der Waals surface area contributed by atoms with Gasteiger partial charge in [-0.3, -0.25) is 4.90 Å². The van der Waals surface area contributed by atoms with Crippen LogP contribution in [0.2, 0.25) is 0 Å². The molecule has 0 aromatic carbocycles. The minimum Gasteiger partial charge on any atom is -0.481 e. The third kappa shape index (κ3) is 3.37. The van der Waals surface area contributed by atoms with Crippen LogP contribution in [0.3, 0.4) is 0 Å². The molecule has 0 amide bonds. The number of pyridine rings is 1. The Balaban J connectivity index is 1.61. The lowest BCUT2D eigenvalue weighted by atomic mass is 10.0. The van der Waals surface area contributed by atoms with E-state index in [1.54, 1.807) is 24.2 Å². The van der Waals surface area contributed by atoms with Crippen LogP contribution < -0.4 is 4.74 Å². The minimum absolute atomic E-state index is 0.467. The molecular formula is C14H19N5O2. The summed E-state index contributed by atoms with van der Waals surface area (Å²) in [6, 6.07) is 5.73. The average Bonchev–Trinajstić information content (AvgIpc) is 3.10. The lowest BCUT2D eigenvalue weighted by Gasteiger charge is -2.23. The molecule has 7 heteroatoms. The Hall–Kier alpha value is -1.99. The lowest BCUT2D eigenvalue weighted by molar-refractivity contribution is 0.0273. The number of rotatable bonds is 5. The highest BCUT2D eigenvalue weighted by atomic mass is 16.5. The van der Waals surface area contributed by atoms with Gasteiger partial charge in [0.1, 0.15) is 0 Å². The molecule has 1 saturated heterocycles. The first-order chi connectivity index (χ1) is 10.2. The van der Waals surface area contributed by atoms with Crippen LogP contribution in [-0.4, -0.2) is 55.8 Å². The summed E-state index contributed by atoms with van der Waals surface area (Å²) >= 11 is 0. The first-order valence-electron chi connectivity index (χ1n) is 6.96. The van der Waals surface area contributed by atoms with E-state index in [0.29, 0.717) is 25.5 Å². The van der Waals surface area contributed by atoms with Crippen LogP contribution in [0.5, 0.6) is 5.88 Å². The average molecular weight is 289 g/mol. The predicted octanol–water partition coefficient (Wildman–Crippen LogP) is 0.319. The largest absolute Gasteiger partial charge is 0.481 e. The molecule has 2 aromatic heterocycles. The number of hydrogen-bond acceptors (Lipinski definition) is 6. The molecule has 3 rings (SSSR count). The summed E-state index contributed by atoms with van der Waals surface area (Å²) < 4.78 is 6.81. The monoisotopic (exact) mass is 289 g/mol. The highest BCUT2D eigenvalue weighted by Gasteiger charge is 2.36. The van der Waals surface area contributed by atoms with Gasteiger partial charge in [-0.1, -0.05) is 11.3 Å². The smallest absolute Gasteiger partial charge is 0.213 e. The van der Waals surface area contributed by atoms with Gasteiger partial charge in [-0.05, 0) is 12.5 Å². The number of methoxy groups -OCH3 is 1. The molecule has 0 radical (unpaired) electrons. The van der Waals surface area contributed by atoms with E-state index in [9.17, 15) is 5.11 Å². The predicted molar refractivity (Wildman–Crippen MR) is 75.7 cm³/mol. The van der Waals surface area contributed by atoms with Crippen molar-refractivity contribution in [2.24, 2.45) is 0 Å². The van der Waals surface area contributed by atoms with Gasteiger partial charge in [0, 0.05) is 31.9 Å². The SMILES string of the molecule is COc1cccc(CN2CCC(O)(Cn3ccnn3)C2)n1. The zero-order valence-corrected chi connectivity index (χ0v) is 12.0. The van der Waals surface area contributed by atoms with Crippen LogP contribution in [0.15, 0.2) is 30.6 Å². The van der Waals surface area contributed by atoms with E-state index in [1.165, 1.54) is 0 Å². The van der Waals surface area contributed by atoms with Crippen LogP contribution in [0.1, 0.15) is 12.1 Å². The van der Waals surface area contributed by atoms with Crippen molar-refractivity contribution in [3.8, 4) is 5.88 Å². The van der Waals surface area contributed by atoms with Crippen LogP contribution in [0, 0.1) is 0 Å². The molecule has 21 heavy (non-hydrogen) atoms. The third-order valence-corrected chi connectivity index (χ3v) is 3.72. The van der Waals surface area contributed by atoms with Crippen molar-refractivity contribution in [2.45, 2.75) is 25.1 Å². The summed E-state index contributed by atoms with van der Waals surface area (Å²) in [7, 11) is 1.61. The topological polar surface area (TPSA) is 76.3 Å². The summed E-state index contributed by atoms with van der Waals surface area (Å²) in [6.45, 7) is 2.61. The van der Waals surface area contributed by atoms with Gasteiger partial charge in [-0.2, -0.15) is 0 Å². The second kappa shape index (κ2) is 5.79. The first kappa shape index (κ1) is 14.0. The van der Waals surface area contributed by atoms with Crippen molar-refractivity contribution in [1.82, 2.24) is 24.9 Å². The van der Waals surface area contributed by atoms with E-state index in [1.807, 2.05) is 18.2 Å². The summed E-state index contributed by atoms with van der Waals surface area (Å²) in [5.41, 5.74) is 0.186. The van der Waals surface area contributed by atoms with Gasteiger partial charge >= 0.3 is 0 Å². The minimum atomic E-state index is -0.757. The maximum absolute atomic E-state index is 10.6. The molecule has 2 aromatic rings. The Labute approximate surface area is 123 Å². The third-order valence-electron chi connectivity index (χ3n) is 3.72. The molecule has 1 atom stereocenters. The molecule has 0 saturated carbocycles. The van der Waals surface area contributed by atoms with E-state index >= 15 is 0 Å². The van der Waals surface area contributed by atoms with Crippen LogP contribution >= 0.6 is 0 Å². The van der Waals surface area contributed by atoms with E-state index < -0.39 is 5.60 Å². The van der Waals surface area contributed by atoms with Crippen LogP contribution in [0.4, 0.5) is 0 Å². The molecule has 1 aliphatic rings. The van der Waals surface area contributed by atoms with Crippen molar-refractivity contribution in [1.29, 1.82) is 0 Å². The molecule has 3 heterocycles. The van der Waals surface area contributed by atoms with E-state index in [2.05, 4.69) is 20.2 Å². The maximum atomic E-state index is 10.6. The maximum Gasteiger partial charge on any atom is 0.213 e. The Kier molecular flexibility index (Phi) is 3.85. The standard InChI is InChI=1S/C14H19N5O2/c1-21-13-4-2-3-12(16-13)9-18-7-5-14(20,10-18)11-19-8-6-15-17-19/h2-4,6,8,20H,5,7,9-11H2,1H3. The summed E-state index contributed by atoms with van der Waals surface area (Å²) in [4.78, 5) is 6.60. The number of hydrogen-bond donors (Lipinski definition) is 1. The van der Waals surface area contributed by atoms with Crippen LogP contribution in [-0.2, 0) is 13.1 Å². The second-order valence-corrected chi connectivity index (χ2v) is 5.46. The van der Waals surface area contributed by atoms with Crippen LogP contribution in [0.25, 0.3) is 0 Å². The quantitative estimate of drug-likeness (QED) is 0.854. The summed E-state index contributed by atoms with van der Waals surface area (Å²) in [5, 5.41) is 18.3. The van der Waals surface area contributed by atoms with E-state index in [-0.39, 0.29) is 0 Å². The van der Waals surface area contributed by atoms with Gasteiger partial charge in [-0.25, -0.2) is 9.67 Å². The van der Waals surface area contributed by atoms with Gasteiger partial charge in [-0.15, -0.1) is 5.10 Å². The number of β-amino-alcohol motifs (C(OH)–C–C–N with tert-alkyl or cyclic N) is 1. The van der Waals surface area contributed by atoms with Crippen molar-refractivity contribution in [3.63, 3.8) is 0 Å². The van der Waals surface area contributed by atoms with Crippen molar-refractivity contribution < 1.29 is 9.84 Å². The number of aromatic nitrogens is 4. The van der Waals surface area contributed by atoms with Gasteiger partial charge < -0.3 is 9.84 Å². The van der Waals surface area contributed by atoms with Gasteiger partial charge in [0.15, 0.2) is 0 Å². The van der Waals surface area contributed by atoms with E-state index in [4.69, 9.17) is 4.74 Å². The molecular weight excluding hydrogens is 270 g/mol. The molecule has 1 unspecified atom stereocenters. The molecule has 7 nitrogen and oxygen atoms in total. The number of ether oxygens (including phenoxy) is 1. The Morgan fingerprint density at radius 3 is 3.10 bits per heavy atom. The highest BCUT2D eigenvalue weighted by Crippen LogP contribution is 2.24. The zero-order valence-electron chi connectivity index (χ0n) is 12.0. The highest BCUT2D eigenvalue weighted by molar-refractivity contribution is 5.15. The fourth-order valence-corrected chi connectivity index (χ4v) is 2.71. The number of aliphatic hydroxyl groups is 1. The number of nitrogens with zero attached hydrogens (tertiary/aromatic N) is 5.